The molecule has 4 unspecified atom stereocenters. The number of allylic oxidation sites excluding steroid dienone is 1. The Labute approximate surface area is 149 Å². The Balaban J connectivity index is 2.08. The summed E-state index contributed by atoms with van der Waals surface area (Å²) in [5.74, 6) is -1.53. The van der Waals surface area contributed by atoms with E-state index in [0.717, 1.165) is 0 Å². The molecule has 5 heteroatoms. The number of rotatable bonds is 0. The number of ketones is 1. The number of aliphatic hydroxyl groups is 4. The van der Waals surface area contributed by atoms with Crippen LogP contribution in [0.2, 0.25) is 0 Å². The Bertz CT molecular complexity index is 636. The Morgan fingerprint density at radius 1 is 1.24 bits per heavy atom. The van der Waals surface area contributed by atoms with E-state index < -0.39 is 35.6 Å². The summed E-state index contributed by atoms with van der Waals surface area (Å²) in [6, 6.07) is 0. The van der Waals surface area contributed by atoms with Crippen LogP contribution in [0.5, 0.6) is 0 Å². The highest BCUT2D eigenvalue weighted by Gasteiger charge is 2.61. The topological polar surface area (TPSA) is 98.0 Å². The lowest BCUT2D eigenvalue weighted by Crippen LogP contribution is -2.51. The minimum Gasteiger partial charge on any atom is -0.392 e. The molecular weight excluding hydrogens is 320 g/mol. The van der Waals surface area contributed by atoms with E-state index >= 15 is 0 Å². The molecule has 2 saturated carbocycles. The number of carbonyl (C=O) groups excluding carboxylic acids is 1. The summed E-state index contributed by atoms with van der Waals surface area (Å²) in [5, 5.41) is 43.0. The quantitative estimate of drug-likeness (QED) is 0.492. The predicted molar refractivity (Wildman–Crippen MR) is 93.5 cm³/mol. The van der Waals surface area contributed by atoms with Crippen molar-refractivity contribution >= 4 is 5.78 Å². The third-order valence-electron chi connectivity index (χ3n) is 7.08. The molecule has 25 heavy (non-hydrogen) atoms. The molecule has 0 heterocycles. The van der Waals surface area contributed by atoms with Crippen molar-refractivity contribution in [1.82, 2.24) is 0 Å². The van der Waals surface area contributed by atoms with Gasteiger partial charge in [0.2, 0.25) is 0 Å². The first-order valence-corrected chi connectivity index (χ1v) is 9.11. The highest BCUT2D eigenvalue weighted by Crippen LogP contribution is 2.62. The van der Waals surface area contributed by atoms with Gasteiger partial charge in [-0.1, -0.05) is 33.4 Å². The Kier molecular flexibility index (Phi) is 4.31. The number of hydrogen-bond acceptors (Lipinski definition) is 5. The molecular formula is C20H30O5. The van der Waals surface area contributed by atoms with Crippen LogP contribution in [0.15, 0.2) is 23.8 Å². The lowest BCUT2D eigenvalue weighted by Gasteiger charge is -2.35. The van der Waals surface area contributed by atoms with E-state index in [4.69, 9.17) is 0 Å². The monoisotopic (exact) mass is 350 g/mol. The van der Waals surface area contributed by atoms with Gasteiger partial charge >= 0.3 is 0 Å². The Morgan fingerprint density at radius 3 is 2.44 bits per heavy atom. The maximum atomic E-state index is 13.0. The van der Waals surface area contributed by atoms with Crippen molar-refractivity contribution in [3.63, 3.8) is 0 Å². The first-order valence-electron chi connectivity index (χ1n) is 9.11. The molecule has 8 atom stereocenters. The van der Waals surface area contributed by atoms with Gasteiger partial charge in [-0.15, -0.1) is 0 Å². The van der Waals surface area contributed by atoms with Crippen LogP contribution in [-0.2, 0) is 4.79 Å². The summed E-state index contributed by atoms with van der Waals surface area (Å²) >= 11 is 0. The van der Waals surface area contributed by atoms with Crippen LogP contribution in [0.25, 0.3) is 0 Å². The molecule has 0 spiro atoms. The summed E-state index contributed by atoms with van der Waals surface area (Å²) in [7, 11) is 0. The van der Waals surface area contributed by atoms with Crippen molar-refractivity contribution in [3.8, 4) is 0 Å². The van der Waals surface area contributed by atoms with Crippen LogP contribution >= 0.6 is 0 Å². The van der Waals surface area contributed by atoms with E-state index in [0.29, 0.717) is 12.0 Å². The van der Waals surface area contributed by atoms with E-state index in [1.165, 1.54) is 0 Å². The summed E-state index contributed by atoms with van der Waals surface area (Å²) in [5.41, 5.74) is -1.26. The van der Waals surface area contributed by atoms with Gasteiger partial charge in [0.15, 0.2) is 5.78 Å². The van der Waals surface area contributed by atoms with Gasteiger partial charge in [-0.05, 0) is 54.1 Å². The highest BCUT2D eigenvalue weighted by atomic mass is 16.3. The van der Waals surface area contributed by atoms with E-state index in [9.17, 15) is 25.2 Å². The molecule has 140 valence electrons. The van der Waals surface area contributed by atoms with Gasteiger partial charge in [0.05, 0.1) is 24.2 Å². The van der Waals surface area contributed by atoms with Crippen molar-refractivity contribution in [2.45, 2.75) is 64.4 Å². The summed E-state index contributed by atoms with van der Waals surface area (Å²) in [4.78, 5) is 13.0. The second-order valence-electron chi connectivity index (χ2n) is 9.03. The molecule has 3 rings (SSSR count). The molecule has 4 N–H and O–H groups in total. The largest absolute Gasteiger partial charge is 0.392 e. The maximum absolute atomic E-state index is 13.0. The Morgan fingerprint density at radius 2 is 1.84 bits per heavy atom. The van der Waals surface area contributed by atoms with Crippen molar-refractivity contribution < 1.29 is 25.2 Å². The van der Waals surface area contributed by atoms with E-state index in [1.807, 2.05) is 6.08 Å². The van der Waals surface area contributed by atoms with Gasteiger partial charge in [0, 0.05) is 0 Å². The van der Waals surface area contributed by atoms with E-state index in [-0.39, 0.29) is 35.2 Å². The maximum Gasteiger partial charge on any atom is 0.190 e. The number of Topliss-reactive ketones (excluding diaryl/α,β-unsaturated/α-hetero) is 1. The summed E-state index contributed by atoms with van der Waals surface area (Å²) in [6.07, 6.45) is -0.880. The fourth-order valence-electron chi connectivity index (χ4n) is 5.15. The van der Waals surface area contributed by atoms with Crippen LogP contribution in [0.3, 0.4) is 0 Å². The van der Waals surface area contributed by atoms with Gasteiger partial charge in [0.1, 0.15) is 5.60 Å². The number of carbonyl (C=O) groups is 1. The number of fused-ring (bicyclic) bond motifs is 2. The first-order chi connectivity index (χ1) is 11.4. The molecule has 0 radical (unpaired) electrons. The van der Waals surface area contributed by atoms with Gasteiger partial charge in [-0.25, -0.2) is 0 Å². The third kappa shape index (κ3) is 2.64. The lowest BCUT2D eigenvalue weighted by atomic mass is 9.77. The standard InChI is InChI=1S/C20H30O5/c1-9-6-12-13(19(12,4)5)7-14(21)11(3)17(23)15-16(22)10(2)8-20(15,25)18(9)24/h6,10,12-17,21-23,25H,3,7-8H2,1-2,4-5H3/t10?,12-,13+,14?,15-,16?,17?,20+/m0/s1. The molecule has 0 aromatic rings. The zero-order valence-electron chi connectivity index (χ0n) is 15.4. The van der Waals surface area contributed by atoms with E-state index in [2.05, 4.69) is 20.4 Å². The van der Waals surface area contributed by atoms with Crippen molar-refractivity contribution in [2.24, 2.45) is 29.1 Å². The normalized spacial score (nSPS) is 49.8. The molecule has 0 saturated heterocycles. The van der Waals surface area contributed by atoms with E-state index in [1.54, 1.807) is 13.8 Å². The zero-order valence-corrected chi connectivity index (χ0v) is 15.4. The molecule has 0 amide bonds. The summed E-state index contributed by atoms with van der Waals surface area (Å²) in [6.45, 7) is 11.4. The number of aliphatic hydroxyl groups excluding tert-OH is 3. The molecule has 5 nitrogen and oxygen atoms in total. The Hall–Kier alpha value is -1.01. The van der Waals surface area contributed by atoms with Crippen LogP contribution in [-0.4, -0.2) is 50.1 Å². The molecule has 0 aromatic carbocycles. The molecule has 3 aliphatic carbocycles. The average molecular weight is 350 g/mol. The van der Waals surface area contributed by atoms with Crippen LogP contribution in [0.1, 0.15) is 40.5 Å². The second-order valence-corrected chi connectivity index (χ2v) is 9.03. The fourth-order valence-corrected chi connectivity index (χ4v) is 5.15. The molecule has 0 bridgehead atoms. The zero-order chi connectivity index (χ0) is 18.9. The lowest BCUT2D eigenvalue weighted by molar-refractivity contribution is -0.144. The third-order valence-corrected chi connectivity index (χ3v) is 7.08. The van der Waals surface area contributed by atoms with Crippen LogP contribution < -0.4 is 0 Å². The minimum atomic E-state index is -1.85. The minimum absolute atomic E-state index is 0.0442. The summed E-state index contributed by atoms with van der Waals surface area (Å²) < 4.78 is 0. The number of hydrogen-bond donors (Lipinski definition) is 4. The molecule has 0 aromatic heterocycles. The van der Waals surface area contributed by atoms with Crippen molar-refractivity contribution in [2.75, 3.05) is 0 Å². The smallest absolute Gasteiger partial charge is 0.190 e. The SMILES string of the molecule is C=C1C(O)C[C@@H]2[C@H](C=C(C)C(=O)[C@@]3(O)CC(C)C(O)[C@H]3C1O)C2(C)C. The second kappa shape index (κ2) is 5.74. The fraction of sp³-hybridized carbons (Fsp3) is 0.750. The molecule has 2 fully saturated rings. The van der Waals surface area contributed by atoms with Crippen LogP contribution in [0, 0.1) is 29.1 Å². The molecule has 0 aliphatic heterocycles. The molecule has 3 aliphatic rings. The van der Waals surface area contributed by atoms with Crippen molar-refractivity contribution in [1.29, 1.82) is 0 Å². The van der Waals surface area contributed by atoms with Crippen molar-refractivity contribution in [3.05, 3.63) is 23.8 Å². The van der Waals surface area contributed by atoms with Crippen LogP contribution in [0.4, 0.5) is 0 Å². The predicted octanol–water partition coefficient (Wildman–Crippen LogP) is 1.20. The average Bonchev–Trinajstić information content (AvgIpc) is 2.92. The first kappa shape index (κ1) is 18.8. The van der Waals surface area contributed by atoms with Gasteiger partial charge in [0.25, 0.3) is 0 Å². The highest BCUT2D eigenvalue weighted by molar-refractivity contribution is 6.02. The van der Waals surface area contributed by atoms with Gasteiger partial charge in [-0.2, -0.15) is 0 Å². The van der Waals surface area contributed by atoms with Gasteiger partial charge in [-0.3, -0.25) is 4.79 Å². The van der Waals surface area contributed by atoms with Gasteiger partial charge < -0.3 is 20.4 Å².